The Bertz CT molecular complexity index is 907. The summed E-state index contributed by atoms with van der Waals surface area (Å²) in [5.41, 5.74) is 3.41. The molecule has 21 heavy (non-hydrogen) atoms. The lowest BCUT2D eigenvalue weighted by molar-refractivity contribution is 0.103. The number of benzene rings is 1. The van der Waals surface area contributed by atoms with Gasteiger partial charge in [-0.15, -0.1) is 0 Å². The molecule has 104 valence electrons. The summed E-state index contributed by atoms with van der Waals surface area (Å²) < 4.78 is 5.54. The molecular formula is C17H14N2O2. The largest absolute Gasteiger partial charge is 0.466 e. The van der Waals surface area contributed by atoms with E-state index in [4.69, 9.17) is 9.68 Å². The molecule has 0 unspecified atom stereocenters. The highest BCUT2D eigenvalue weighted by Gasteiger charge is 2.22. The first-order chi connectivity index (χ1) is 10.0. The van der Waals surface area contributed by atoms with E-state index in [0.717, 1.165) is 22.2 Å². The van der Waals surface area contributed by atoms with E-state index < -0.39 is 0 Å². The second kappa shape index (κ2) is 4.64. The van der Waals surface area contributed by atoms with Gasteiger partial charge in [0.2, 0.25) is 0 Å². The number of carbonyl (C=O) groups excluding carboxylic acids is 1. The molecule has 4 nitrogen and oxygen atoms in total. The van der Waals surface area contributed by atoms with Crippen LogP contribution in [0.5, 0.6) is 0 Å². The molecule has 0 aliphatic heterocycles. The van der Waals surface area contributed by atoms with E-state index >= 15 is 0 Å². The standard InChI is InChI=1S/C17H14N2O2/c1-9-10(2)21-11(3)16(9)17(20)14-8-19-15-5-4-12(7-18)6-13(14)15/h4-6,8,19H,1-3H3. The molecule has 0 radical (unpaired) electrons. The minimum Gasteiger partial charge on any atom is -0.466 e. The van der Waals surface area contributed by atoms with Gasteiger partial charge in [-0.1, -0.05) is 0 Å². The van der Waals surface area contributed by atoms with Crippen LogP contribution in [0.25, 0.3) is 10.9 Å². The first-order valence-corrected chi connectivity index (χ1v) is 6.65. The van der Waals surface area contributed by atoms with Gasteiger partial charge in [-0.2, -0.15) is 5.26 Å². The van der Waals surface area contributed by atoms with Gasteiger partial charge in [0, 0.05) is 28.2 Å². The molecule has 0 saturated carbocycles. The van der Waals surface area contributed by atoms with Gasteiger partial charge in [-0.3, -0.25) is 4.79 Å². The van der Waals surface area contributed by atoms with E-state index in [9.17, 15) is 4.79 Å². The molecule has 4 heteroatoms. The van der Waals surface area contributed by atoms with Crippen molar-refractivity contribution in [3.63, 3.8) is 0 Å². The van der Waals surface area contributed by atoms with E-state index in [2.05, 4.69) is 11.1 Å². The Hall–Kier alpha value is -2.80. The minimum atomic E-state index is -0.0804. The van der Waals surface area contributed by atoms with Gasteiger partial charge < -0.3 is 9.40 Å². The van der Waals surface area contributed by atoms with Crippen LogP contribution in [0.1, 0.15) is 38.6 Å². The number of fused-ring (bicyclic) bond motifs is 1. The topological polar surface area (TPSA) is 69.8 Å². The zero-order valence-electron chi connectivity index (χ0n) is 12.1. The molecule has 0 aliphatic rings. The minimum absolute atomic E-state index is 0.0804. The molecule has 2 heterocycles. The van der Waals surface area contributed by atoms with Gasteiger partial charge >= 0.3 is 0 Å². The second-order valence-corrected chi connectivity index (χ2v) is 5.12. The number of aryl methyl sites for hydroxylation is 2. The number of furan rings is 1. The number of ketones is 1. The van der Waals surface area contributed by atoms with Crippen molar-refractivity contribution in [1.29, 1.82) is 5.26 Å². The molecule has 0 saturated heterocycles. The SMILES string of the molecule is Cc1oc(C)c(C(=O)c2c[nH]c3ccc(C#N)cc23)c1C. The van der Waals surface area contributed by atoms with Crippen molar-refractivity contribution in [2.45, 2.75) is 20.8 Å². The van der Waals surface area contributed by atoms with Gasteiger partial charge in [0.25, 0.3) is 0 Å². The Balaban J connectivity index is 2.20. The predicted octanol–water partition coefficient (Wildman–Crippen LogP) is 3.79. The Morgan fingerprint density at radius 1 is 1.24 bits per heavy atom. The van der Waals surface area contributed by atoms with Crippen molar-refractivity contribution >= 4 is 16.7 Å². The van der Waals surface area contributed by atoms with Crippen LogP contribution < -0.4 is 0 Å². The number of carbonyl (C=O) groups is 1. The van der Waals surface area contributed by atoms with Gasteiger partial charge in [0.1, 0.15) is 11.5 Å². The smallest absolute Gasteiger partial charge is 0.198 e. The average Bonchev–Trinajstić information content (AvgIpc) is 2.99. The number of hydrogen-bond acceptors (Lipinski definition) is 3. The molecule has 3 rings (SSSR count). The predicted molar refractivity (Wildman–Crippen MR) is 79.4 cm³/mol. The van der Waals surface area contributed by atoms with Crippen LogP contribution in [0.15, 0.2) is 28.8 Å². The summed E-state index contributed by atoms with van der Waals surface area (Å²) in [6.07, 6.45) is 1.69. The quantitative estimate of drug-likeness (QED) is 0.725. The molecule has 2 aromatic heterocycles. The summed E-state index contributed by atoms with van der Waals surface area (Å²) >= 11 is 0. The zero-order chi connectivity index (χ0) is 15.1. The van der Waals surface area contributed by atoms with Crippen LogP contribution >= 0.6 is 0 Å². The molecule has 0 spiro atoms. The molecular weight excluding hydrogens is 264 g/mol. The molecule has 1 aromatic carbocycles. The summed E-state index contributed by atoms with van der Waals surface area (Å²) in [4.78, 5) is 15.9. The van der Waals surface area contributed by atoms with Crippen molar-refractivity contribution in [2.24, 2.45) is 0 Å². The van der Waals surface area contributed by atoms with Gasteiger partial charge in [0.15, 0.2) is 5.78 Å². The monoisotopic (exact) mass is 278 g/mol. The van der Waals surface area contributed by atoms with E-state index in [-0.39, 0.29) is 5.78 Å². The van der Waals surface area contributed by atoms with E-state index in [1.165, 1.54) is 0 Å². The summed E-state index contributed by atoms with van der Waals surface area (Å²) in [5, 5.41) is 9.77. The lowest BCUT2D eigenvalue weighted by atomic mass is 9.99. The van der Waals surface area contributed by atoms with Gasteiger partial charge in [-0.05, 0) is 39.0 Å². The number of aromatic amines is 1. The van der Waals surface area contributed by atoms with E-state index in [1.54, 1.807) is 25.3 Å². The lowest BCUT2D eigenvalue weighted by Crippen LogP contribution is -2.03. The summed E-state index contributed by atoms with van der Waals surface area (Å²) in [6.45, 7) is 5.53. The second-order valence-electron chi connectivity index (χ2n) is 5.12. The van der Waals surface area contributed by atoms with Crippen LogP contribution in [0, 0.1) is 32.1 Å². The van der Waals surface area contributed by atoms with Gasteiger partial charge in [-0.25, -0.2) is 0 Å². The van der Waals surface area contributed by atoms with E-state index in [1.807, 2.05) is 19.9 Å². The Morgan fingerprint density at radius 2 is 2.00 bits per heavy atom. The lowest BCUT2D eigenvalue weighted by Gasteiger charge is -2.00. The highest BCUT2D eigenvalue weighted by Crippen LogP contribution is 2.27. The third-order valence-electron chi connectivity index (χ3n) is 3.84. The number of nitriles is 1. The van der Waals surface area contributed by atoms with Crippen LogP contribution in [0.4, 0.5) is 0 Å². The number of H-pyrrole nitrogens is 1. The van der Waals surface area contributed by atoms with Gasteiger partial charge in [0.05, 0.1) is 17.2 Å². The first kappa shape index (κ1) is 13.2. The van der Waals surface area contributed by atoms with Crippen LogP contribution in [0.2, 0.25) is 0 Å². The van der Waals surface area contributed by atoms with Crippen molar-refractivity contribution in [1.82, 2.24) is 4.98 Å². The summed E-state index contributed by atoms with van der Waals surface area (Å²) in [5.74, 6) is 1.30. The van der Waals surface area contributed by atoms with Crippen LogP contribution in [-0.2, 0) is 0 Å². The fourth-order valence-corrected chi connectivity index (χ4v) is 2.64. The van der Waals surface area contributed by atoms with Crippen molar-refractivity contribution in [3.05, 3.63) is 58.2 Å². The van der Waals surface area contributed by atoms with Crippen molar-refractivity contribution in [3.8, 4) is 6.07 Å². The molecule has 0 atom stereocenters. The fourth-order valence-electron chi connectivity index (χ4n) is 2.64. The number of hydrogen-bond donors (Lipinski definition) is 1. The van der Waals surface area contributed by atoms with Crippen LogP contribution in [-0.4, -0.2) is 10.8 Å². The summed E-state index contributed by atoms with van der Waals surface area (Å²) in [7, 11) is 0. The number of rotatable bonds is 2. The number of aromatic nitrogens is 1. The molecule has 0 fully saturated rings. The van der Waals surface area contributed by atoms with Crippen LogP contribution in [0.3, 0.4) is 0 Å². The molecule has 0 aliphatic carbocycles. The Morgan fingerprint density at radius 3 is 2.62 bits per heavy atom. The molecule has 0 amide bonds. The Labute approximate surface area is 122 Å². The molecule has 0 bridgehead atoms. The molecule has 3 aromatic rings. The first-order valence-electron chi connectivity index (χ1n) is 6.65. The normalized spacial score (nSPS) is 10.8. The fraction of sp³-hybridized carbons (Fsp3) is 0.176. The van der Waals surface area contributed by atoms with Crippen molar-refractivity contribution in [2.75, 3.05) is 0 Å². The number of nitrogens with zero attached hydrogens (tertiary/aromatic N) is 1. The zero-order valence-corrected chi connectivity index (χ0v) is 12.1. The Kier molecular flexibility index (Phi) is 2.91. The molecule has 1 N–H and O–H groups in total. The number of nitrogens with one attached hydrogen (secondary N) is 1. The van der Waals surface area contributed by atoms with E-state index in [0.29, 0.717) is 22.5 Å². The third kappa shape index (κ3) is 1.95. The summed E-state index contributed by atoms with van der Waals surface area (Å²) in [6, 6.07) is 7.37. The average molecular weight is 278 g/mol. The third-order valence-corrected chi connectivity index (χ3v) is 3.84. The maximum Gasteiger partial charge on any atom is 0.198 e. The maximum atomic E-state index is 12.8. The van der Waals surface area contributed by atoms with Crippen molar-refractivity contribution < 1.29 is 9.21 Å². The highest BCUT2D eigenvalue weighted by atomic mass is 16.3. The maximum absolute atomic E-state index is 12.8. The highest BCUT2D eigenvalue weighted by molar-refractivity contribution is 6.17.